The van der Waals surface area contributed by atoms with E-state index in [2.05, 4.69) is 36.9 Å². The molecule has 2 aromatic carbocycles. The molecule has 1 heterocycles. The third-order valence-electron chi connectivity index (χ3n) is 5.65. The summed E-state index contributed by atoms with van der Waals surface area (Å²) in [6, 6.07) is 9.64. The number of nitrogens with zero attached hydrogens (tertiary/aromatic N) is 1. The fourth-order valence-corrected chi connectivity index (χ4v) is 4.32. The van der Waals surface area contributed by atoms with Crippen molar-refractivity contribution in [2.24, 2.45) is 0 Å². The van der Waals surface area contributed by atoms with Crippen molar-refractivity contribution >= 4 is 23.1 Å². The first kappa shape index (κ1) is 22.6. The van der Waals surface area contributed by atoms with Crippen LogP contribution in [0, 0.1) is 13.8 Å². The highest BCUT2D eigenvalue weighted by atomic mass is 35.5. The molecule has 1 aliphatic rings. The van der Waals surface area contributed by atoms with E-state index in [0.717, 1.165) is 24.9 Å². The second-order valence-corrected chi connectivity index (χ2v) is 8.84. The number of piperidine rings is 1. The zero-order valence-corrected chi connectivity index (χ0v) is 18.9. The van der Waals surface area contributed by atoms with E-state index in [1.54, 1.807) is 12.1 Å². The van der Waals surface area contributed by atoms with Crippen LogP contribution >= 0.6 is 11.6 Å². The highest BCUT2D eigenvalue weighted by Crippen LogP contribution is 2.31. The molecule has 0 aromatic heterocycles. The van der Waals surface area contributed by atoms with Crippen LogP contribution in [0.1, 0.15) is 65.6 Å². The van der Waals surface area contributed by atoms with Gasteiger partial charge in [-0.15, -0.1) is 0 Å². The summed E-state index contributed by atoms with van der Waals surface area (Å²) in [5.74, 6) is 0.572. The summed E-state index contributed by atoms with van der Waals surface area (Å²) >= 11 is 6.21. The van der Waals surface area contributed by atoms with Crippen molar-refractivity contribution in [1.29, 1.82) is 0 Å². The average molecular weight is 429 g/mol. The number of unbranched alkanes of at least 4 members (excludes halogenated alkanes) is 1. The number of rotatable bonds is 9. The van der Waals surface area contributed by atoms with Gasteiger partial charge in [-0.25, -0.2) is 0 Å². The number of hydrogen-bond acceptors (Lipinski definition) is 4. The van der Waals surface area contributed by atoms with Crippen molar-refractivity contribution in [3.63, 3.8) is 0 Å². The van der Waals surface area contributed by atoms with Crippen LogP contribution in [0.25, 0.3) is 0 Å². The van der Waals surface area contributed by atoms with Gasteiger partial charge in [-0.05, 0) is 70.8 Å². The highest BCUT2D eigenvalue weighted by molar-refractivity contribution is 6.33. The van der Waals surface area contributed by atoms with Gasteiger partial charge in [-0.2, -0.15) is 0 Å². The molecule has 1 aliphatic heterocycles. The Labute approximate surface area is 185 Å². The van der Waals surface area contributed by atoms with Crippen molar-refractivity contribution in [1.82, 2.24) is 4.90 Å². The molecule has 0 radical (unpaired) electrons. The number of halogens is 1. The van der Waals surface area contributed by atoms with Gasteiger partial charge >= 0.3 is 0 Å². The predicted molar refractivity (Wildman–Crippen MR) is 125 cm³/mol. The van der Waals surface area contributed by atoms with E-state index in [1.807, 2.05) is 0 Å². The largest absolute Gasteiger partial charge is 0.488 e. The highest BCUT2D eigenvalue weighted by Gasteiger charge is 2.16. The molecule has 0 atom stereocenters. The van der Waals surface area contributed by atoms with E-state index < -0.39 is 0 Å². The molecular weight excluding hydrogens is 396 g/mol. The van der Waals surface area contributed by atoms with Gasteiger partial charge in [-0.3, -0.25) is 4.79 Å². The monoisotopic (exact) mass is 428 g/mol. The lowest BCUT2D eigenvalue weighted by Gasteiger charge is -2.26. The molecule has 1 fully saturated rings. The Hall–Kier alpha value is -2.04. The molecule has 162 valence electrons. The average Bonchev–Trinajstić information content (AvgIpc) is 2.71. The number of carbonyl (C=O) groups is 1. The summed E-state index contributed by atoms with van der Waals surface area (Å²) < 4.78 is 6.02. The Balaban J connectivity index is 1.61. The van der Waals surface area contributed by atoms with E-state index in [0.29, 0.717) is 35.1 Å². The SMILES string of the molecule is Cc1cc(C)cc(COc2cc(N)c(Cl)cc2C(=O)CCCCN2CCCCC2)c1. The molecule has 0 saturated carbocycles. The van der Waals surface area contributed by atoms with Crippen LogP contribution < -0.4 is 10.5 Å². The Morgan fingerprint density at radius 1 is 1.03 bits per heavy atom. The summed E-state index contributed by atoms with van der Waals surface area (Å²) in [5.41, 5.74) is 10.4. The fraction of sp³-hybridized carbons (Fsp3) is 0.480. The topological polar surface area (TPSA) is 55.6 Å². The van der Waals surface area contributed by atoms with E-state index in [4.69, 9.17) is 22.1 Å². The van der Waals surface area contributed by atoms with Crippen molar-refractivity contribution in [3.05, 3.63) is 57.6 Å². The summed E-state index contributed by atoms with van der Waals surface area (Å²) in [5, 5.41) is 0.394. The normalized spacial score (nSPS) is 14.6. The zero-order chi connectivity index (χ0) is 21.5. The van der Waals surface area contributed by atoms with Crippen LogP contribution in [0.3, 0.4) is 0 Å². The van der Waals surface area contributed by atoms with Gasteiger partial charge in [0, 0.05) is 12.5 Å². The maximum Gasteiger partial charge on any atom is 0.166 e. The lowest BCUT2D eigenvalue weighted by Crippen LogP contribution is -2.30. The van der Waals surface area contributed by atoms with E-state index in [1.165, 1.54) is 43.5 Å². The van der Waals surface area contributed by atoms with Crippen LogP contribution in [0.5, 0.6) is 5.75 Å². The predicted octanol–water partition coefficient (Wildman–Crippen LogP) is 5.96. The number of ether oxygens (including phenoxy) is 1. The summed E-state index contributed by atoms with van der Waals surface area (Å²) in [6.45, 7) is 7.98. The number of aryl methyl sites for hydroxylation is 2. The van der Waals surface area contributed by atoms with Gasteiger partial charge < -0.3 is 15.4 Å². The van der Waals surface area contributed by atoms with Gasteiger partial charge in [-0.1, -0.05) is 47.3 Å². The van der Waals surface area contributed by atoms with Gasteiger partial charge in [0.1, 0.15) is 12.4 Å². The van der Waals surface area contributed by atoms with Crippen molar-refractivity contribution in [3.8, 4) is 5.75 Å². The van der Waals surface area contributed by atoms with Gasteiger partial charge in [0.05, 0.1) is 16.3 Å². The lowest BCUT2D eigenvalue weighted by molar-refractivity contribution is 0.0973. The molecule has 2 N–H and O–H groups in total. The van der Waals surface area contributed by atoms with Crippen LogP contribution in [-0.2, 0) is 6.61 Å². The number of nitrogen functional groups attached to an aromatic ring is 1. The first-order valence-corrected chi connectivity index (χ1v) is 11.3. The molecule has 30 heavy (non-hydrogen) atoms. The number of likely N-dealkylation sites (tertiary alicyclic amines) is 1. The Morgan fingerprint density at radius 2 is 1.73 bits per heavy atom. The first-order chi connectivity index (χ1) is 14.4. The van der Waals surface area contributed by atoms with Crippen LogP contribution in [-0.4, -0.2) is 30.3 Å². The summed E-state index contributed by atoms with van der Waals surface area (Å²) in [6.07, 6.45) is 6.33. The molecule has 0 aliphatic carbocycles. The Bertz CT molecular complexity index is 855. The Kier molecular flexibility index (Phi) is 8.17. The van der Waals surface area contributed by atoms with E-state index in [9.17, 15) is 4.79 Å². The maximum atomic E-state index is 12.9. The second kappa shape index (κ2) is 10.8. The van der Waals surface area contributed by atoms with Gasteiger partial charge in [0.25, 0.3) is 0 Å². The third-order valence-corrected chi connectivity index (χ3v) is 5.98. The smallest absolute Gasteiger partial charge is 0.166 e. The van der Waals surface area contributed by atoms with E-state index in [-0.39, 0.29) is 5.78 Å². The Morgan fingerprint density at radius 3 is 2.43 bits per heavy atom. The number of hydrogen-bond donors (Lipinski definition) is 1. The van der Waals surface area contributed by atoms with E-state index >= 15 is 0 Å². The lowest BCUT2D eigenvalue weighted by atomic mass is 10.0. The second-order valence-electron chi connectivity index (χ2n) is 8.44. The van der Waals surface area contributed by atoms with Crippen LogP contribution in [0.2, 0.25) is 5.02 Å². The molecule has 2 aromatic rings. The number of Topliss-reactive ketones (excluding diaryl/α,β-unsaturated/α-hetero) is 1. The van der Waals surface area contributed by atoms with Gasteiger partial charge in [0.2, 0.25) is 0 Å². The molecular formula is C25H33ClN2O2. The molecule has 5 heteroatoms. The maximum absolute atomic E-state index is 12.9. The van der Waals surface area contributed by atoms with Crippen LogP contribution in [0.15, 0.2) is 30.3 Å². The minimum atomic E-state index is 0.0611. The molecule has 3 rings (SSSR count). The summed E-state index contributed by atoms with van der Waals surface area (Å²) in [7, 11) is 0. The van der Waals surface area contributed by atoms with Crippen LogP contribution in [0.4, 0.5) is 5.69 Å². The summed E-state index contributed by atoms with van der Waals surface area (Å²) in [4.78, 5) is 15.4. The minimum Gasteiger partial charge on any atom is -0.488 e. The quantitative estimate of drug-likeness (QED) is 0.304. The molecule has 0 unspecified atom stereocenters. The van der Waals surface area contributed by atoms with Crippen molar-refractivity contribution in [2.45, 2.75) is 59.0 Å². The molecule has 0 spiro atoms. The fourth-order valence-electron chi connectivity index (χ4n) is 4.16. The number of carbonyl (C=O) groups excluding carboxylic acids is 1. The third kappa shape index (κ3) is 6.48. The number of ketones is 1. The zero-order valence-electron chi connectivity index (χ0n) is 18.2. The number of nitrogens with two attached hydrogens (primary N) is 1. The first-order valence-electron chi connectivity index (χ1n) is 11.0. The van der Waals surface area contributed by atoms with Gasteiger partial charge in [0.15, 0.2) is 5.78 Å². The molecule has 4 nitrogen and oxygen atoms in total. The standard InChI is InChI=1S/C25H33ClN2O2/c1-18-12-19(2)14-20(13-18)17-30-25-16-23(27)22(26)15-21(25)24(29)8-4-7-11-28-9-5-3-6-10-28/h12-16H,3-11,17,27H2,1-2H3. The van der Waals surface area contributed by atoms with Crippen molar-refractivity contribution < 1.29 is 9.53 Å². The minimum absolute atomic E-state index is 0.0611. The molecule has 1 saturated heterocycles. The number of anilines is 1. The molecule has 0 bridgehead atoms. The number of benzene rings is 2. The molecule has 0 amide bonds. The van der Waals surface area contributed by atoms with Crippen molar-refractivity contribution in [2.75, 3.05) is 25.4 Å².